The summed E-state index contributed by atoms with van der Waals surface area (Å²) in [6.07, 6.45) is 9.21. The van der Waals surface area contributed by atoms with Crippen LogP contribution in [0, 0.1) is 22.6 Å². The van der Waals surface area contributed by atoms with Crippen molar-refractivity contribution in [2.45, 2.75) is 61.2 Å². The number of hydrogen-bond acceptors (Lipinski definition) is 7. The summed E-state index contributed by atoms with van der Waals surface area (Å²) in [7, 11) is 0. The van der Waals surface area contributed by atoms with E-state index in [9.17, 15) is 10.1 Å². The number of amides is 1. The number of rotatable bonds is 8. The van der Waals surface area contributed by atoms with Gasteiger partial charge in [-0.2, -0.15) is 0 Å². The average molecular weight is 670 g/mol. The van der Waals surface area contributed by atoms with E-state index in [1.165, 1.54) is 12.4 Å². The van der Waals surface area contributed by atoms with Crippen LogP contribution in [0.3, 0.4) is 0 Å². The number of nitriles is 1. The fraction of sp³-hybridized carbons (Fsp3) is 0.382. The zero-order valence-corrected chi connectivity index (χ0v) is 27.5. The summed E-state index contributed by atoms with van der Waals surface area (Å²) < 4.78 is 23.2. The number of allylic oxidation sites excluding steroid dienone is 1. The van der Waals surface area contributed by atoms with Crippen molar-refractivity contribution < 1.29 is 13.9 Å². The Labute approximate surface area is 267 Å². The first kappa shape index (κ1) is 30.8. The second-order valence-electron chi connectivity index (χ2n) is 12.3. The number of nitrogen functional groups attached to an aromatic ring is 1. The molecule has 1 aliphatic heterocycles. The normalized spacial score (nSPS) is 18.3. The molecule has 45 heavy (non-hydrogen) atoms. The quantitative estimate of drug-likeness (QED) is 0.123. The Hall–Kier alpha value is -4.22. The molecule has 2 N–H and O–H groups in total. The van der Waals surface area contributed by atoms with Crippen molar-refractivity contribution in [3.05, 3.63) is 72.3 Å². The SMILES string of the molecule is C[As](C)CC1(C=C(C#N)C(=O)N2CCCC(n3nc(-c4ccc(Oc5ccccc5)cc4F)c4c(N)ncnc43)C2)CCCC1. The molecule has 11 heteroatoms. The van der Waals surface area contributed by atoms with Crippen LogP contribution in [0.25, 0.3) is 22.3 Å². The van der Waals surface area contributed by atoms with Crippen molar-refractivity contribution in [2.75, 3.05) is 18.8 Å². The van der Waals surface area contributed by atoms with Crippen molar-refractivity contribution in [2.24, 2.45) is 5.41 Å². The average Bonchev–Trinajstić information content (AvgIpc) is 3.65. The van der Waals surface area contributed by atoms with E-state index in [2.05, 4.69) is 27.5 Å². The number of para-hydroxylation sites is 1. The van der Waals surface area contributed by atoms with E-state index in [1.54, 1.807) is 33.8 Å². The van der Waals surface area contributed by atoms with Gasteiger partial charge in [-0.25, -0.2) is 9.37 Å². The first-order valence-electron chi connectivity index (χ1n) is 15.4. The van der Waals surface area contributed by atoms with E-state index in [4.69, 9.17) is 15.6 Å². The molecule has 0 spiro atoms. The van der Waals surface area contributed by atoms with Gasteiger partial charge in [-0.05, 0) is 24.3 Å². The summed E-state index contributed by atoms with van der Waals surface area (Å²) in [5.41, 5.74) is 12.2. The van der Waals surface area contributed by atoms with Gasteiger partial charge in [0.15, 0.2) is 0 Å². The summed E-state index contributed by atoms with van der Waals surface area (Å²) >= 11 is -0.968. The van der Waals surface area contributed by atoms with E-state index in [0.29, 0.717) is 41.3 Å². The van der Waals surface area contributed by atoms with Crippen LogP contribution in [0.1, 0.15) is 44.6 Å². The number of anilines is 1. The number of nitrogens with two attached hydrogens (primary N) is 1. The molecule has 1 unspecified atom stereocenters. The van der Waals surface area contributed by atoms with Gasteiger partial charge in [-0.15, -0.1) is 0 Å². The molecule has 0 bridgehead atoms. The Kier molecular flexibility index (Phi) is 8.91. The van der Waals surface area contributed by atoms with Crippen LogP contribution in [0.2, 0.25) is 16.6 Å². The minimum absolute atomic E-state index is 0.0350. The monoisotopic (exact) mass is 669 g/mol. The molecule has 4 aromatic rings. The molecule has 2 aliphatic rings. The third kappa shape index (κ3) is 6.46. The van der Waals surface area contributed by atoms with Crippen molar-refractivity contribution in [1.82, 2.24) is 24.6 Å². The molecule has 2 aromatic carbocycles. The van der Waals surface area contributed by atoms with Crippen LogP contribution < -0.4 is 10.5 Å². The van der Waals surface area contributed by atoms with Crippen molar-refractivity contribution in [3.63, 3.8) is 0 Å². The Morgan fingerprint density at radius 3 is 2.64 bits per heavy atom. The number of halogens is 1. The Morgan fingerprint density at radius 2 is 1.93 bits per heavy atom. The molecule has 1 saturated carbocycles. The second-order valence-corrected chi connectivity index (χ2v) is 17.5. The molecular formula is C34H37AsFN7O2. The molecule has 232 valence electrons. The molecule has 0 radical (unpaired) electrons. The zero-order chi connectivity index (χ0) is 31.6. The molecule has 1 aliphatic carbocycles. The zero-order valence-electron chi connectivity index (χ0n) is 25.6. The van der Waals surface area contributed by atoms with Crippen LogP contribution in [0.4, 0.5) is 10.2 Å². The second kappa shape index (κ2) is 13.0. The predicted octanol–water partition coefficient (Wildman–Crippen LogP) is 6.94. The van der Waals surface area contributed by atoms with E-state index in [0.717, 1.165) is 43.7 Å². The minimum atomic E-state index is -0.968. The van der Waals surface area contributed by atoms with Gasteiger partial charge in [-0.3, -0.25) is 0 Å². The van der Waals surface area contributed by atoms with Crippen molar-refractivity contribution in [3.8, 4) is 28.8 Å². The number of piperidine rings is 1. The number of benzene rings is 2. The number of ether oxygens (including phenoxy) is 1. The summed E-state index contributed by atoms with van der Waals surface area (Å²) in [5, 5.41) is 16.5. The van der Waals surface area contributed by atoms with Gasteiger partial charge in [0, 0.05) is 6.07 Å². The number of carbonyl (C=O) groups is 1. The number of fused-ring (bicyclic) bond motifs is 1. The molecule has 1 amide bonds. The van der Waals surface area contributed by atoms with E-state index in [-0.39, 0.29) is 34.3 Å². The molecular weight excluding hydrogens is 632 g/mol. The fourth-order valence-electron chi connectivity index (χ4n) is 6.83. The Balaban J connectivity index is 1.30. The van der Waals surface area contributed by atoms with Crippen molar-refractivity contribution >= 4 is 37.4 Å². The van der Waals surface area contributed by atoms with Crippen molar-refractivity contribution in [1.29, 1.82) is 5.26 Å². The van der Waals surface area contributed by atoms with Crippen LogP contribution in [0.15, 0.2) is 66.5 Å². The first-order valence-corrected chi connectivity index (χ1v) is 20.4. The molecule has 6 rings (SSSR count). The Bertz CT molecular complexity index is 1780. The standard InChI is InChI=1S/C34H37AsFN7O2/c1-35(2)21-34(14-6-7-15-34)18-23(19-37)33(44)42-16-8-9-24(20-42)43-32-29(31(38)39-22-40-32)30(41-43)27-13-12-26(17-28(27)36)45-25-10-4-3-5-11-25/h3-5,10-13,17-18,22,24H,6-9,14-16,20-21H2,1-2H3,(H2,38,39,40). The molecule has 2 fully saturated rings. The number of hydrogen-bond donors (Lipinski definition) is 1. The van der Waals surface area contributed by atoms with Crippen LogP contribution in [0.5, 0.6) is 11.5 Å². The van der Waals surface area contributed by atoms with E-state index >= 15 is 4.39 Å². The van der Waals surface area contributed by atoms with Gasteiger partial charge in [0.2, 0.25) is 0 Å². The number of carbonyl (C=O) groups excluding carboxylic acids is 1. The number of likely N-dealkylation sites (tertiary alicyclic amines) is 1. The van der Waals surface area contributed by atoms with Gasteiger partial charge >= 0.3 is 182 Å². The summed E-state index contributed by atoms with van der Waals surface area (Å²) in [5.74, 6) is 0.398. The first-order chi connectivity index (χ1) is 21.8. The third-order valence-corrected chi connectivity index (χ3v) is 11.4. The fourth-order valence-corrected chi connectivity index (χ4v) is 10.3. The summed E-state index contributed by atoms with van der Waals surface area (Å²) in [6.45, 7) is 0.915. The molecule has 1 atom stereocenters. The van der Waals surface area contributed by atoms with Crippen LogP contribution >= 0.6 is 0 Å². The summed E-state index contributed by atoms with van der Waals surface area (Å²) in [4.78, 5) is 24.2. The maximum absolute atomic E-state index is 15.6. The van der Waals surface area contributed by atoms with E-state index < -0.39 is 20.5 Å². The van der Waals surface area contributed by atoms with Gasteiger partial charge in [0.25, 0.3) is 0 Å². The molecule has 3 heterocycles. The Morgan fingerprint density at radius 1 is 1.16 bits per heavy atom. The van der Waals surface area contributed by atoms with Gasteiger partial charge in [0.1, 0.15) is 17.3 Å². The van der Waals surface area contributed by atoms with Gasteiger partial charge in [0.05, 0.1) is 0 Å². The third-order valence-electron chi connectivity index (χ3n) is 8.75. The maximum atomic E-state index is 15.6. The molecule has 2 aromatic heterocycles. The van der Waals surface area contributed by atoms with Gasteiger partial charge < -0.3 is 10.5 Å². The van der Waals surface area contributed by atoms with E-state index in [1.807, 2.05) is 24.3 Å². The number of aromatic nitrogens is 4. The molecule has 9 nitrogen and oxygen atoms in total. The summed E-state index contributed by atoms with van der Waals surface area (Å²) in [6, 6.07) is 15.8. The predicted molar refractivity (Wildman–Crippen MR) is 173 cm³/mol. The van der Waals surface area contributed by atoms with Crippen LogP contribution in [-0.2, 0) is 4.79 Å². The van der Waals surface area contributed by atoms with Gasteiger partial charge in [-0.1, -0.05) is 18.2 Å². The van der Waals surface area contributed by atoms with Crippen LogP contribution in [-0.4, -0.2) is 58.3 Å². The molecule has 1 saturated heterocycles. The number of nitrogens with zero attached hydrogens (tertiary/aromatic N) is 6. The topological polar surface area (TPSA) is 123 Å².